The van der Waals surface area contributed by atoms with Crippen LogP contribution in [0, 0.1) is 0 Å². The van der Waals surface area contributed by atoms with E-state index in [1.54, 1.807) is 0 Å². The minimum absolute atomic E-state index is 0.717. The van der Waals surface area contributed by atoms with Crippen molar-refractivity contribution < 1.29 is 0 Å². The fourth-order valence-corrected chi connectivity index (χ4v) is 3.56. The van der Waals surface area contributed by atoms with Gasteiger partial charge < -0.3 is 4.90 Å². The second kappa shape index (κ2) is 5.50. The SMILES string of the molecule is C[C@@H]1CN(C)[C@@H](C)CN1C1CCN(I)CC1. The molecule has 2 rings (SSSR count). The Morgan fingerprint density at radius 2 is 1.62 bits per heavy atom. The molecule has 0 radical (unpaired) electrons. The lowest BCUT2D eigenvalue weighted by molar-refractivity contribution is 0.0147. The van der Waals surface area contributed by atoms with E-state index in [-0.39, 0.29) is 0 Å². The monoisotopic (exact) mass is 337 g/mol. The van der Waals surface area contributed by atoms with Gasteiger partial charge in [0, 0.05) is 67.2 Å². The Labute approximate surface area is 114 Å². The predicted octanol–water partition coefficient (Wildman–Crippen LogP) is 1.83. The normalized spacial score (nSPS) is 36.8. The van der Waals surface area contributed by atoms with E-state index in [0.29, 0.717) is 6.04 Å². The number of piperazine rings is 1. The molecule has 0 aromatic heterocycles. The van der Waals surface area contributed by atoms with Gasteiger partial charge in [0.1, 0.15) is 0 Å². The van der Waals surface area contributed by atoms with Crippen LogP contribution in [0.15, 0.2) is 0 Å². The number of rotatable bonds is 1. The van der Waals surface area contributed by atoms with Gasteiger partial charge in [-0.15, -0.1) is 0 Å². The minimum atomic E-state index is 0.717. The zero-order chi connectivity index (χ0) is 11.7. The molecule has 0 saturated carbocycles. The largest absolute Gasteiger partial charge is 0.301 e. The molecule has 0 aliphatic carbocycles. The first-order valence-electron chi connectivity index (χ1n) is 6.44. The molecule has 0 unspecified atom stereocenters. The van der Waals surface area contributed by atoms with Gasteiger partial charge in [-0.1, -0.05) is 0 Å². The Morgan fingerprint density at radius 1 is 1.00 bits per heavy atom. The van der Waals surface area contributed by atoms with Gasteiger partial charge in [0.15, 0.2) is 0 Å². The molecule has 4 heteroatoms. The topological polar surface area (TPSA) is 9.72 Å². The van der Waals surface area contributed by atoms with Crippen LogP contribution < -0.4 is 0 Å². The number of likely N-dealkylation sites (N-methyl/N-ethyl adjacent to an activating group) is 1. The van der Waals surface area contributed by atoms with E-state index in [1.807, 2.05) is 0 Å². The molecule has 16 heavy (non-hydrogen) atoms. The summed E-state index contributed by atoms with van der Waals surface area (Å²) in [7, 11) is 2.26. The summed E-state index contributed by atoms with van der Waals surface area (Å²) < 4.78 is 2.43. The Morgan fingerprint density at radius 3 is 2.25 bits per heavy atom. The number of halogens is 1. The lowest BCUT2D eigenvalue weighted by atomic mass is 9.99. The molecule has 2 heterocycles. The summed E-state index contributed by atoms with van der Waals surface area (Å²) in [6.07, 6.45) is 2.70. The second-order valence-electron chi connectivity index (χ2n) is 5.48. The molecule has 0 N–H and O–H groups in total. The van der Waals surface area contributed by atoms with Crippen molar-refractivity contribution in [2.75, 3.05) is 33.2 Å². The van der Waals surface area contributed by atoms with E-state index in [2.05, 4.69) is 56.7 Å². The van der Waals surface area contributed by atoms with Gasteiger partial charge in [-0.05, 0) is 33.7 Å². The molecule has 0 amide bonds. The van der Waals surface area contributed by atoms with Gasteiger partial charge in [0.25, 0.3) is 0 Å². The third-order valence-electron chi connectivity index (χ3n) is 4.22. The number of piperidine rings is 1. The highest BCUT2D eigenvalue weighted by Crippen LogP contribution is 2.24. The molecule has 2 aliphatic heterocycles. The number of nitrogens with zero attached hydrogens (tertiary/aromatic N) is 3. The first kappa shape index (κ1) is 13.1. The molecule has 0 bridgehead atoms. The van der Waals surface area contributed by atoms with Crippen LogP contribution >= 0.6 is 22.9 Å². The molecule has 2 saturated heterocycles. The van der Waals surface area contributed by atoms with E-state index in [9.17, 15) is 0 Å². The predicted molar refractivity (Wildman–Crippen MR) is 76.9 cm³/mol. The molecule has 0 aromatic carbocycles. The van der Waals surface area contributed by atoms with Crippen LogP contribution in [-0.4, -0.2) is 64.3 Å². The quantitative estimate of drug-likeness (QED) is 0.534. The van der Waals surface area contributed by atoms with Gasteiger partial charge in [-0.2, -0.15) is 0 Å². The van der Waals surface area contributed by atoms with E-state index < -0.39 is 0 Å². The van der Waals surface area contributed by atoms with Gasteiger partial charge in [-0.3, -0.25) is 4.90 Å². The summed E-state index contributed by atoms with van der Waals surface area (Å²) >= 11 is 2.46. The lowest BCUT2D eigenvalue weighted by Crippen LogP contribution is -2.59. The van der Waals surface area contributed by atoms with Crippen LogP contribution in [0.5, 0.6) is 0 Å². The van der Waals surface area contributed by atoms with Crippen molar-refractivity contribution in [1.29, 1.82) is 0 Å². The molecule has 94 valence electrons. The zero-order valence-electron chi connectivity index (χ0n) is 10.7. The average molecular weight is 337 g/mol. The van der Waals surface area contributed by atoms with E-state index in [0.717, 1.165) is 12.1 Å². The second-order valence-corrected chi connectivity index (χ2v) is 6.84. The standard InChI is InChI=1S/C12H24IN3/c1-10-9-16(11(2)8-14(10)3)12-4-6-15(13)7-5-12/h10-12H,4-9H2,1-3H3/t10-,11+/m0/s1. The summed E-state index contributed by atoms with van der Waals surface area (Å²) in [4.78, 5) is 5.25. The van der Waals surface area contributed by atoms with Crippen LogP contribution in [0.1, 0.15) is 26.7 Å². The molecular formula is C12H24IN3. The summed E-state index contributed by atoms with van der Waals surface area (Å²) in [6, 6.07) is 2.28. The maximum absolute atomic E-state index is 2.76. The summed E-state index contributed by atoms with van der Waals surface area (Å²) in [5.74, 6) is 0. The third-order valence-corrected chi connectivity index (χ3v) is 5.19. The molecule has 2 atom stereocenters. The van der Waals surface area contributed by atoms with Gasteiger partial charge in [-0.25, -0.2) is 3.11 Å². The smallest absolute Gasteiger partial charge is 0.0201 e. The first-order chi connectivity index (χ1) is 7.58. The highest BCUT2D eigenvalue weighted by atomic mass is 127. The highest BCUT2D eigenvalue weighted by molar-refractivity contribution is 14.1. The fraction of sp³-hybridized carbons (Fsp3) is 1.00. The van der Waals surface area contributed by atoms with Crippen molar-refractivity contribution in [2.45, 2.75) is 44.8 Å². The molecule has 2 fully saturated rings. The van der Waals surface area contributed by atoms with E-state index in [4.69, 9.17) is 0 Å². The molecule has 2 aliphatic rings. The Hall–Kier alpha value is 0.610. The van der Waals surface area contributed by atoms with Gasteiger partial charge >= 0.3 is 0 Å². The summed E-state index contributed by atoms with van der Waals surface area (Å²) in [6.45, 7) is 9.75. The van der Waals surface area contributed by atoms with Gasteiger partial charge in [0.2, 0.25) is 0 Å². The molecule has 3 nitrogen and oxygen atoms in total. The zero-order valence-corrected chi connectivity index (χ0v) is 12.9. The average Bonchev–Trinajstić information content (AvgIpc) is 2.25. The maximum atomic E-state index is 2.76. The fourth-order valence-electron chi connectivity index (χ4n) is 3.00. The minimum Gasteiger partial charge on any atom is -0.301 e. The lowest BCUT2D eigenvalue weighted by Gasteiger charge is -2.47. The summed E-state index contributed by atoms with van der Waals surface area (Å²) in [5, 5.41) is 0. The highest BCUT2D eigenvalue weighted by Gasteiger charge is 2.32. The van der Waals surface area contributed by atoms with Crippen LogP contribution in [0.4, 0.5) is 0 Å². The Bertz CT molecular complexity index is 228. The molecule has 0 aromatic rings. The van der Waals surface area contributed by atoms with Crippen molar-refractivity contribution >= 4 is 22.9 Å². The van der Waals surface area contributed by atoms with Crippen molar-refractivity contribution in [3.05, 3.63) is 0 Å². The summed E-state index contributed by atoms with van der Waals surface area (Å²) in [5.41, 5.74) is 0. The van der Waals surface area contributed by atoms with Crippen molar-refractivity contribution in [2.24, 2.45) is 0 Å². The van der Waals surface area contributed by atoms with Crippen molar-refractivity contribution in [3.8, 4) is 0 Å². The third kappa shape index (κ3) is 2.89. The van der Waals surface area contributed by atoms with Crippen LogP contribution in [0.3, 0.4) is 0 Å². The van der Waals surface area contributed by atoms with Crippen LogP contribution in [-0.2, 0) is 0 Å². The van der Waals surface area contributed by atoms with Crippen molar-refractivity contribution in [1.82, 2.24) is 12.9 Å². The molecular weight excluding hydrogens is 313 g/mol. The van der Waals surface area contributed by atoms with Gasteiger partial charge in [0.05, 0.1) is 0 Å². The maximum Gasteiger partial charge on any atom is 0.0201 e. The van der Waals surface area contributed by atoms with Crippen molar-refractivity contribution in [3.63, 3.8) is 0 Å². The van der Waals surface area contributed by atoms with E-state index in [1.165, 1.54) is 39.0 Å². The van der Waals surface area contributed by atoms with E-state index >= 15 is 0 Å². The first-order valence-corrected chi connectivity index (χ1v) is 7.41. The molecule has 0 spiro atoms. The number of hydrogen-bond acceptors (Lipinski definition) is 3. The number of hydrogen-bond donors (Lipinski definition) is 0. The Kier molecular flexibility index (Phi) is 4.49. The van der Waals surface area contributed by atoms with Crippen LogP contribution in [0.25, 0.3) is 0 Å². The van der Waals surface area contributed by atoms with Crippen LogP contribution in [0.2, 0.25) is 0 Å². The Balaban J connectivity index is 1.93.